The highest BCUT2D eigenvalue weighted by Gasteiger charge is 1.98. The SMILES string of the molecule is CCNc1cncc(Nc2ccc(Cl)cc2)n1. The van der Waals surface area contributed by atoms with E-state index in [-0.39, 0.29) is 0 Å². The number of nitrogens with zero attached hydrogens (tertiary/aromatic N) is 2. The van der Waals surface area contributed by atoms with Gasteiger partial charge in [-0.2, -0.15) is 0 Å². The Labute approximate surface area is 105 Å². The topological polar surface area (TPSA) is 49.8 Å². The molecular weight excluding hydrogens is 236 g/mol. The van der Waals surface area contributed by atoms with Crippen molar-refractivity contribution < 1.29 is 0 Å². The van der Waals surface area contributed by atoms with Crippen LogP contribution in [0.4, 0.5) is 17.3 Å². The number of aromatic nitrogens is 2. The van der Waals surface area contributed by atoms with Crippen molar-refractivity contribution in [1.82, 2.24) is 9.97 Å². The molecule has 0 saturated heterocycles. The maximum Gasteiger partial charge on any atom is 0.151 e. The minimum Gasteiger partial charge on any atom is -0.369 e. The Balaban J connectivity index is 2.12. The fraction of sp³-hybridized carbons (Fsp3) is 0.167. The van der Waals surface area contributed by atoms with Gasteiger partial charge in [0.05, 0.1) is 12.4 Å². The van der Waals surface area contributed by atoms with E-state index in [9.17, 15) is 0 Å². The second-order valence-electron chi connectivity index (χ2n) is 3.45. The van der Waals surface area contributed by atoms with Crippen LogP contribution in [0.1, 0.15) is 6.92 Å². The molecule has 2 aromatic rings. The number of halogens is 1. The van der Waals surface area contributed by atoms with E-state index in [2.05, 4.69) is 20.6 Å². The Kier molecular flexibility index (Phi) is 3.77. The molecule has 0 amide bonds. The second kappa shape index (κ2) is 5.50. The molecule has 5 heteroatoms. The van der Waals surface area contributed by atoms with E-state index in [1.165, 1.54) is 0 Å². The first kappa shape index (κ1) is 11.7. The molecular formula is C12H13ClN4. The van der Waals surface area contributed by atoms with E-state index < -0.39 is 0 Å². The molecule has 0 fully saturated rings. The molecule has 2 rings (SSSR count). The minimum absolute atomic E-state index is 0.700. The van der Waals surface area contributed by atoms with Gasteiger partial charge in [-0.3, -0.25) is 4.98 Å². The van der Waals surface area contributed by atoms with Crippen molar-refractivity contribution in [1.29, 1.82) is 0 Å². The maximum atomic E-state index is 5.82. The summed E-state index contributed by atoms with van der Waals surface area (Å²) in [4.78, 5) is 8.47. The third-order valence-electron chi connectivity index (χ3n) is 2.11. The number of rotatable bonds is 4. The maximum absolute atomic E-state index is 5.82. The van der Waals surface area contributed by atoms with Crippen LogP contribution < -0.4 is 10.6 Å². The van der Waals surface area contributed by atoms with Crippen LogP contribution in [0, 0.1) is 0 Å². The first-order chi connectivity index (χ1) is 8.28. The van der Waals surface area contributed by atoms with Crippen molar-refractivity contribution in [3.8, 4) is 0 Å². The predicted octanol–water partition coefficient (Wildman–Crippen LogP) is 3.31. The number of hydrogen-bond donors (Lipinski definition) is 2. The molecule has 0 aliphatic heterocycles. The lowest BCUT2D eigenvalue weighted by molar-refractivity contribution is 1.12. The lowest BCUT2D eigenvalue weighted by Crippen LogP contribution is -2.02. The van der Waals surface area contributed by atoms with Crippen LogP contribution in [0.3, 0.4) is 0 Å². The van der Waals surface area contributed by atoms with Crippen LogP contribution in [0.25, 0.3) is 0 Å². The zero-order valence-corrected chi connectivity index (χ0v) is 10.2. The van der Waals surface area contributed by atoms with Gasteiger partial charge in [-0.05, 0) is 31.2 Å². The van der Waals surface area contributed by atoms with Crippen LogP contribution in [0.15, 0.2) is 36.7 Å². The van der Waals surface area contributed by atoms with Crippen molar-refractivity contribution >= 4 is 28.9 Å². The van der Waals surface area contributed by atoms with Gasteiger partial charge >= 0.3 is 0 Å². The summed E-state index contributed by atoms with van der Waals surface area (Å²) < 4.78 is 0. The molecule has 4 nitrogen and oxygen atoms in total. The quantitative estimate of drug-likeness (QED) is 0.872. The lowest BCUT2D eigenvalue weighted by atomic mass is 10.3. The highest BCUT2D eigenvalue weighted by Crippen LogP contribution is 2.17. The van der Waals surface area contributed by atoms with Gasteiger partial charge in [0.1, 0.15) is 5.82 Å². The lowest BCUT2D eigenvalue weighted by Gasteiger charge is -2.07. The molecule has 0 aliphatic carbocycles. The van der Waals surface area contributed by atoms with Crippen LogP contribution in [0.5, 0.6) is 0 Å². The van der Waals surface area contributed by atoms with Gasteiger partial charge in [-0.15, -0.1) is 0 Å². The monoisotopic (exact) mass is 248 g/mol. The van der Waals surface area contributed by atoms with E-state index in [0.29, 0.717) is 10.8 Å². The number of anilines is 3. The molecule has 1 heterocycles. The van der Waals surface area contributed by atoms with E-state index in [0.717, 1.165) is 18.1 Å². The first-order valence-corrected chi connectivity index (χ1v) is 5.74. The minimum atomic E-state index is 0.700. The summed E-state index contributed by atoms with van der Waals surface area (Å²) >= 11 is 5.82. The zero-order valence-electron chi connectivity index (χ0n) is 9.44. The molecule has 0 unspecified atom stereocenters. The summed E-state index contributed by atoms with van der Waals surface area (Å²) in [6, 6.07) is 7.44. The Hall–Kier alpha value is -1.81. The van der Waals surface area contributed by atoms with Crippen LogP contribution in [-0.4, -0.2) is 16.5 Å². The second-order valence-corrected chi connectivity index (χ2v) is 3.89. The summed E-state index contributed by atoms with van der Waals surface area (Å²) in [7, 11) is 0. The molecule has 88 valence electrons. The average molecular weight is 249 g/mol. The largest absolute Gasteiger partial charge is 0.369 e. The molecule has 0 bridgehead atoms. The molecule has 0 atom stereocenters. The summed E-state index contributed by atoms with van der Waals surface area (Å²) in [5, 5.41) is 6.98. The van der Waals surface area contributed by atoms with Crippen molar-refractivity contribution in [2.45, 2.75) is 6.92 Å². The van der Waals surface area contributed by atoms with E-state index in [1.807, 2.05) is 31.2 Å². The van der Waals surface area contributed by atoms with Gasteiger partial charge in [0.15, 0.2) is 5.82 Å². The molecule has 17 heavy (non-hydrogen) atoms. The van der Waals surface area contributed by atoms with E-state index in [1.54, 1.807) is 12.4 Å². The third-order valence-corrected chi connectivity index (χ3v) is 2.36. The molecule has 2 N–H and O–H groups in total. The molecule has 0 spiro atoms. The number of hydrogen-bond acceptors (Lipinski definition) is 4. The summed E-state index contributed by atoms with van der Waals surface area (Å²) in [5.74, 6) is 1.46. The Morgan fingerprint density at radius 1 is 1.12 bits per heavy atom. The molecule has 0 saturated carbocycles. The normalized spacial score (nSPS) is 10.0. The Morgan fingerprint density at radius 3 is 2.53 bits per heavy atom. The molecule has 0 radical (unpaired) electrons. The predicted molar refractivity (Wildman–Crippen MR) is 70.9 cm³/mol. The number of benzene rings is 1. The summed E-state index contributed by atoms with van der Waals surface area (Å²) in [6.07, 6.45) is 3.37. The van der Waals surface area contributed by atoms with E-state index >= 15 is 0 Å². The first-order valence-electron chi connectivity index (χ1n) is 5.36. The Morgan fingerprint density at radius 2 is 1.82 bits per heavy atom. The number of nitrogens with one attached hydrogen (secondary N) is 2. The standard InChI is InChI=1S/C12H13ClN4/c1-2-15-11-7-14-8-12(17-11)16-10-5-3-9(13)4-6-10/h3-8H,2H2,1H3,(H2,15,16,17). The fourth-order valence-corrected chi connectivity index (χ4v) is 1.50. The average Bonchev–Trinajstić information content (AvgIpc) is 2.33. The fourth-order valence-electron chi connectivity index (χ4n) is 1.37. The van der Waals surface area contributed by atoms with Gasteiger partial charge in [0.25, 0.3) is 0 Å². The van der Waals surface area contributed by atoms with Crippen molar-refractivity contribution in [2.24, 2.45) is 0 Å². The summed E-state index contributed by atoms with van der Waals surface area (Å²) in [6.45, 7) is 2.83. The van der Waals surface area contributed by atoms with E-state index in [4.69, 9.17) is 11.6 Å². The van der Waals surface area contributed by atoms with Gasteiger partial charge < -0.3 is 10.6 Å². The molecule has 0 aliphatic rings. The van der Waals surface area contributed by atoms with Gasteiger partial charge in [-0.1, -0.05) is 11.6 Å². The van der Waals surface area contributed by atoms with Crippen molar-refractivity contribution in [3.05, 3.63) is 41.7 Å². The Bertz CT molecular complexity index is 484. The van der Waals surface area contributed by atoms with Gasteiger partial charge in [0.2, 0.25) is 0 Å². The van der Waals surface area contributed by atoms with Crippen LogP contribution in [0.2, 0.25) is 5.02 Å². The summed E-state index contributed by atoms with van der Waals surface area (Å²) in [5.41, 5.74) is 0.928. The van der Waals surface area contributed by atoms with Crippen molar-refractivity contribution in [3.63, 3.8) is 0 Å². The smallest absolute Gasteiger partial charge is 0.151 e. The zero-order chi connectivity index (χ0) is 12.1. The van der Waals surface area contributed by atoms with Crippen LogP contribution in [-0.2, 0) is 0 Å². The molecule has 1 aromatic heterocycles. The highest BCUT2D eigenvalue weighted by molar-refractivity contribution is 6.30. The highest BCUT2D eigenvalue weighted by atomic mass is 35.5. The van der Waals surface area contributed by atoms with Crippen molar-refractivity contribution in [2.75, 3.05) is 17.2 Å². The third kappa shape index (κ3) is 3.32. The molecule has 1 aromatic carbocycles. The van der Waals surface area contributed by atoms with Gasteiger partial charge in [0, 0.05) is 17.3 Å². The van der Waals surface area contributed by atoms with Gasteiger partial charge in [-0.25, -0.2) is 4.98 Å². The van der Waals surface area contributed by atoms with Crippen LogP contribution >= 0.6 is 11.6 Å².